The van der Waals surface area contributed by atoms with E-state index in [0.717, 1.165) is 18.2 Å². The maximum Gasteiger partial charge on any atom is 0.471 e. The number of carbonyl (C=O) groups excluding carboxylic acids is 1. The van der Waals surface area contributed by atoms with Gasteiger partial charge >= 0.3 is 18.1 Å². The number of hydrogen-bond donors (Lipinski definition) is 1. The largest absolute Gasteiger partial charge is 0.481 e. The Kier molecular flexibility index (Phi) is 5.23. The highest BCUT2D eigenvalue weighted by Crippen LogP contribution is 2.22. The third-order valence-electron chi connectivity index (χ3n) is 2.54. The molecule has 21 heavy (non-hydrogen) atoms. The van der Waals surface area contributed by atoms with E-state index in [1.54, 1.807) is 0 Å². The van der Waals surface area contributed by atoms with E-state index in [0.29, 0.717) is 0 Å². The second kappa shape index (κ2) is 6.51. The minimum Gasteiger partial charge on any atom is -0.481 e. The van der Waals surface area contributed by atoms with Gasteiger partial charge < -0.3 is 10.0 Å². The Morgan fingerprint density at radius 3 is 2.10 bits per heavy atom. The zero-order valence-electron chi connectivity index (χ0n) is 10.5. The monoisotopic (exact) mass is 311 g/mol. The first-order valence-electron chi connectivity index (χ1n) is 5.63. The Bertz CT molecular complexity index is 524. The lowest BCUT2D eigenvalue weighted by Crippen LogP contribution is -2.42. The molecule has 1 aromatic rings. The number of halogens is 5. The molecule has 0 aliphatic carbocycles. The Morgan fingerprint density at radius 2 is 1.67 bits per heavy atom. The molecular weight excluding hydrogens is 301 g/mol. The normalized spacial score (nSPS) is 11.3. The summed E-state index contributed by atoms with van der Waals surface area (Å²) in [6.45, 7) is -1.83. The summed E-state index contributed by atoms with van der Waals surface area (Å²) in [7, 11) is 0. The summed E-state index contributed by atoms with van der Waals surface area (Å²) in [4.78, 5) is 21.6. The van der Waals surface area contributed by atoms with Crippen LogP contribution in [-0.4, -0.2) is 34.6 Å². The van der Waals surface area contributed by atoms with Gasteiger partial charge in [0.25, 0.3) is 0 Å². The molecule has 0 bridgehead atoms. The minimum absolute atomic E-state index is 0.0512. The van der Waals surface area contributed by atoms with Gasteiger partial charge in [-0.15, -0.1) is 0 Å². The van der Waals surface area contributed by atoms with E-state index in [9.17, 15) is 31.5 Å². The molecule has 0 radical (unpaired) electrons. The van der Waals surface area contributed by atoms with Crippen LogP contribution in [0.1, 0.15) is 12.0 Å². The molecule has 0 heterocycles. The van der Waals surface area contributed by atoms with Crippen LogP contribution in [0.15, 0.2) is 18.2 Å². The summed E-state index contributed by atoms with van der Waals surface area (Å²) in [6, 6.07) is 2.67. The molecule has 0 atom stereocenters. The van der Waals surface area contributed by atoms with Gasteiger partial charge in [0.15, 0.2) is 0 Å². The molecule has 0 spiro atoms. The highest BCUT2D eigenvalue weighted by molar-refractivity contribution is 5.82. The summed E-state index contributed by atoms with van der Waals surface area (Å²) < 4.78 is 64.0. The molecule has 4 nitrogen and oxygen atoms in total. The van der Waals surface area contributed by atoms with Crippen molar-refractivity contribution in [2.24, 2.45) is 0 Å². The second-order valence-corrected chi connectivity index (χ2v) is 4.07. The maximum atomic E-state index is 13.4. The van der Waals surface area contributed by atoms with Crippen LogP contribution < -0.4 is 0 Å². The van der Waals surface area contributed by atoms with Crippen molar-refractivity contribution in [1.29, 1.82) is 0 Å². The summed E-state index contributed by atoms with van der Waals surface area (Å²) in [5, 5.41) is 8.45. The number of aliphatic carboxylic acids is 1. The minimum atomic E-state index is -5.26. The summed E-state index contributed by atoms with van der Waals surface area (Å²) in [5.74, 6) is -6.04. The fourth-order valence-corrected chi connectivity index (χ4v) is 1.54. The molecular formula is C12H10F5NO3. The van der Waals surface area contributed by atoms with Crippen molar-refractivity contribution in [2.75, 3.05) is 6.54 Å². The van der Waals surface area contributed by atoms with Crippen LogP contribution in [0.5, 0.6) is 0 Å². The number of hydrogen-bond acceptors (Lipinski definition) is 2. The Morgan fingerprint density at radius 1 is 1.14 bits per heavy atom. The van der Waals surface area contributed by atoms with Crippen molar-refractivity contribution < 1.29 is 36.6 Å². The number of carboxylic acids is 1. The van der Waals surface area contributed by atoms with Crippen molar-refractivity contribution in [3.63, 3.8) is 0 Å². The van der Waals surface area contributed by atoms with Crippen LogP contribution in [0.25, 0.3) is 0 Å². The van der Waals surface area contributed by atoms with Gasteiger partial charge in [0.1, 0.15) is 11.6 Å². The SMILES string of the molecule is O=C(O)CCN(Cc1c(F)cccc1F)C(=O)C(F)(F)F. The third kappa shape index (κ3) is 4.69. The Balaban J connectivity index is 3.02. The fraction of sp³-hybridized carbons (Fsp3) is 0.333. The van der Waals surface area contributed by atoms with Gasteiger partial charge in [-0.25, -0.2) is 8.78 Å². The first-order valence-corrected chi connectivity index (χ1v) is 5.63. The van der Waals surface area contributed by atoms with Gasteiger partial charge in [0, 0.05) is 12.1 Å². The molecule has 1 amide bonds. The standard InChI is InChI=1S/C12H10F5NO3/c13-8-2-1-3-9(14)7(8)6-18(5-4-10(19)20)11(21)12(15,16)17/h1-3H,4-6H2,(H,19,20). The summed E-state index contributed by atoms with van der Waals surface area (Å²) in [5.41, 5.74) is -0.736. The van der Waals surface area contributed by atoms with Gasteiger partial charge in [-0.05, 0) is 12.1 Å². The molecule has 1 rings (SSSR count). The first kappa shape index (κ1) is 16.9. The second-order valence-electron chi connectivity index (χ2n) is 4.07. The Labute approximate surface area is 115 Å². The van der Waals surface area contributed by atoms with Crippen molar-refractivity contribution in [2.45, 2.75) is 19.1 Å². The van der Waals surface area contributed by atoms with Crippen LogP contribution in [0, 0.1) is 11.6 Å². The van der Waals surface area contributed by atoms with Crippen molar-refractivity contribution in [3.8, 4) is 0 Å². The predicted molar refractivity (Wildman–Crippen MR) is 60.1 cm³/mol. The molecule has 9 heteroatoms. The van der Waals surface area contributed by atoms with Crippen LogP contribution in [0.2, 0.25) is 0 Å². The van der Waals surface area contributed by atoms with Crippen LogP contribution in [0.4, 0.5) is 22.0 Å². The van der Waals surface area contributed by atoms with Crippen LogP contribution in [0.3, 0.4) is 0 Å². The molecule has 116 valence electrons. The van der Waals surface area contributed by atoms with Crippen molar-refractivity contribution in [3.05, 3.63) is 35.4 Å². The van der Waals surface area contributed by atoms with E-state index in [4.69, 9.17) is 5.11 Å². The number of carboxylic acid groups (broad SMARTS) is 1. The number of rotatable bonds is 5. The van der Waals surface area contributed by atoms with Gasteiger partial charge in [0.05, 0.1) is 13.0 Å². The zero-order valence-corrected chi connectivity index (χ0v) is 10.5. The number of nitrogens with zero attached hydrogens (tertiary/aromatic N) is 1. The predicted octanol–water partition coefficient (Wildman–Crippen LogP) is 2.33. The molecule has 0 aliphatic heterocycles. The van der Waals surface area contributed by atoms with Crippen molar-refractivity contribution in [1.82, 2.24) is 4.90 Å². The topological polar surface area (TPSA) is 57.6 Å². The molecule has 0 saturated carbocycles. The van der Waals surface area contributed by atoms with Crippen LogP contribution in [-0.2, 0) is 16.1 Å². The molecule has 1 aromatic carbocycles. The lowest BCUT2D eigenvalue weighted by atomic mass is 10.1. The number of benzene rings is 1. The molecule has 0 saturated heterocycles. The molecule has 0 fully saturated rings. The van der Waals surface area contributed by atoms with Gasteiger partial charge in [-0.1, -0.05) is 6.07 Å². The average molecular weight is 311 g/mol. The summed E-state index contributed by atoms with van der Waals surface area (Å²) in [6.07, 6.45) is -6.04. The van der Waals surface area contributed by atoms with E-state index < -0.39 is 54.8 Å². The Hall–Kier alpha value is -2.19. The fourth-order valence-electron chi connectivity index (χ4n) is 1.54. The third-order valence-corrected chi connectivity index (χ3v) is 2.54. The maximum absolute atomic E-state index is 13.4. The van der Waals surface area contributed by atoms with E-state index in [2.05, 4.69) is 0 Å². The zero-order chi connectivity index (χ0) is 16.2. The molecule has 0 aliphatic rings. The number of amides is 1. The van der Waals surface area contributed by atoms with Crippen LogP contribution >= 0.6 is 0 Å². The van der Waals surface area contributed by atoms with Gasteiger partial charge in [-0.2, -0.15) is 13.2 Å². The van der Waals surface area contributed by atoms with E-state index in [1.165, 1.54) is 0 Å². The highest BCUT2D eigenvalue weighted by atomic mass is 19.4. The van der Waals surface area contributed by atoms with Gasteiger partial charge in [0.2, 0.25) is 0 Å². The van der Waals surface area contributed by atoms with Gasteiger partial charge in [-0.3, -0.25) is 9.59 Å². The highest BCUT2D eigenvalue weighted by Gasteiger charge is 2.42. The van der Waals surface area contributed by atoms with E-state index in [1.807, 2.05) is 0 Å². The number of carbonyl (C=O) groups is 2. The lowest BCUT2D eigenvalue weighted by Gasteiger charge is -2.23. The molecule has 0 aromatic heterocycles. The average Bonchev–Trinajstić information content (AvgIpc) is 2.35. The molecule has 1 N–H and O–H groups in total. The smallest absolute Gasteiger partial charge is 0.471 e. The number of alkyl halides is 3. The van der Waals surface area contributed by atoms with Crippen molar-refractivity contribution >= 4 is 11.9 Å². The van der Waals surface area contributed by atoms with E-state index >= 15 is 0 Å². The lowest BCUT2D eigenvalue weighted by molar-refractivity contribution is -0.186. The van der Waals surface area contributed by atoms with E-state index in [-0.39, 0.29) is 4.90 Å². The molecule has 0 unspecified atom stereocenters. The summed E-state index contributed by atoms with van der Waals surface area (Å²) >= 11 is 0. The first-order chi connectivity index (χ1) is 9.62. The quantitative estimate of drug-likeness (QED) is 0.849.